The number of aromatic nitrogens is 2. The molecule has 2 heterocycles. The van der Waals surface area contributed by atoms with Crippen LogP contribution in [0, 0.1) is 0 Å². The van der Waals surface area contributed by atoms with Crippen molar-refractivity contribution >= 4 is 44.6 Å². The minimum absolute atomic E-state index is 0.0339. The van der Waals surface area contributed by atoms with Gasteiger partial charge in [0.2, 0.25) is 5.91 Å². The third kappa shape index (κ3) is 4.63. The molecule has 1 amide bonds. The molecule has 7 heteroatoms. The molecule has 2 aromatic carbocycles. The second-order valence-electron chi connectivity index (χ2n) is 7.00. The summed E-state index contributed by atoms with van der Waals surface area (Å²) in [7, 11) is 0. The topological polar surface area (TPSA) is 75.3 Å². The average molecular weight is 452 g/mol. The van der Waals surface area contributed by atoms with Crippen LogP contribution >= 0.6 is 15.9 Å². The summed E-state index contributed by atoms with van der Waals surface area (Å²) in [5, 5.41) is 0.878. The van der Waals surface area contributed by atoms with Crippen molar-refractivity contribution in [1.82, 2.24) is 19.8 Å². The van der Waals surface area contributed by atoms with Crippen molar-refractivity contribution in [3.05, 3.63) is 70.5 Å². The maximum atomic E-state index is 12.5. The number of piperazine rings is 1. The monoisotopic (exact) mass is 451 g/mol. The van der Waals surface area contributed by atoms with E-state index in [9.17, 15) is 4.79 Å². The summed E-state index contributed by atoms with van der Waals surface area (Å²) >= 11 is 3.50. The number of nitrogens with two attached hydrogens (primary N) is 1. The first-order chi connectivity index (χ1) is 14.1. The van der Waals surface area contributed by atoms with Crippen LogP contribution < -0.4 is 5.73 Å². The number of hydrogen-bond donors (Lipinski definition) is 1. The lowest BCUT2D eigenvalue weighted by molar-refractivity contribution is -0.127. The molecule has 2 N–H and O–H groups in total. The van der Waals surface area contributed by atoms with E-state index in [1.165, 1.54) is 0 Å². The Morgan fingerprint density at radius 3 is 2.55 bits per heavy atom. The molecule has 4 rings (SSSR count). The Bertz CT molecular complexity index is 1060. The summed E-state index contributed by atoms with van der Waals surface area (Å²) in [6, 6.07) is 15.6. The molecule has 1 fully saturated rings. The Morgan fingerprint density at radius 1 is 1.03 bits per heavy atom. The van der Waals surface area contributed by atoms with E-state index in [2.05, 4.69) is 30.8 Å². The van der Waals surface area contributed by atoms with Crippen LogP contribution in [-0.2, 0) is 11.3 Å². The van der Waals surface area contributed by atoms with Gasteiger partial charge in [-0.05, 0) is 29.8 Å². The van der Waals surface area contributed by atoms with Gasteiger partial charge in [-0.3, -0.25) is 9.69 Å². The average Bonchev–Trinajstić information content (AvgIpc) is 2.73. The lowest BCUT2D eigenvalue weighted by Gasteiger charge is -2.33. The van der Waals surface area contributed by atoms with Crippen LogP contribution in [0.3, 0.4) is 0 Å². The normalized spacial score (nSPS) is 15.3. The van der Waals surface area contributed by atoms with Crippen molar-refractivity contribution < 1.29 is 4.79 Å². The number of carbonyl (C=O) groups is 1. The summed E-state index contributed by atoms with van der Waals surface area (Å²) in [5.74, 6) is 1.26. The minimum atomic E-state index is 0.0339. The maximum Gasteiger partial charge on any atom is 0.246 e. The highest BCUT2D eigenvalue weighted by atomic mass is 79.9. The van der Waals surface area contributed by atoms with Crippen LogP contribution in [0.25, 0.3) is 17.0 Å². The Hall–Kier alpha value is -2.77. The summed E-state index contributed by atoms with van der Waals surface area (Å²) in [6.07, 6.45) is 3.49. The van der Waals surface area contributed by atoms with Crippen LogP contribution in [0.2, 0.25) is 0 Å². The maximum absolute atomic E-state index is 12.5. The largest absolute Gasteiger partial charge is 0.383 e. The molecule has 29 heavy (non-hydrogen) atoms. The summed E-state index contributed by atoms with van der Waals surface area (Å²) in [5.41, 5.74) is 7.94. The second kappa shape index (κ2) is 8.71. The molecule has 1 saturated heterocycles. The van der Waals surface area contributed by atoms with Crippen LogP contribution in [-0.4, -0.2) is 51.9 Å². The van der Waals surface area contributed by atoms with Crippen LogP contribution in [0.1, 0.15) is 11.4 Å². The fourth-order valence-corrected chi connectivity index (χ4v) is 3.84. The summed E-state index contributed by atoms with van der Waals surface area (Å²) in [6.45, 7) is 3.56. The molecular formula is C22H22BrN5O. The fourth-order valence-electron chi connectivity index (χ4n) is 3.42. The van der Waals surface area contributed by atoms with Crippen LogP contribution in [0.5, 0.6) is 0 Å². The first-order valence-electron chi connectivity index (χ1n) is 9.55. The number of amides is 1. The number of anilines is 1. The highest BCUT2D eigenvalue weighted by Gasteiger charge is 2.20. The van der Waals surface area contributed by atoms with Crippen molar-refractivity contribution in [2.24, 2.45) is 0 Å². The van der Waals surface area contributed by atoms with Gasteiger partial charge in [-0.15, -0.1) is 0 Å². The van der Waals surface area contributed by atoms with Gasteiger partial charge in [0.05, 0.1) is 12.1 Å². The van der Waals surface area contributed by atoms with E-state index >= 15 is 0 Å². The second-order valence-corrected chi connectivity index (χ2v) is 7.85. The van der Waals surface area contributed by atoms with Gasteiger partial charge in [0.25, 0.3) is 0 Å². The fraction of sp³-hybridized carbons (Fsp3) is 0.227. The molecule has 0 atom stereocenters. The molecule has 1 aromatic heterocycles. The van der Waals surface area contributed by atoms with Gasteiger partial charge in [-0.1, -0.05) is 46.3 Å². The smallest absolute Gasteiger partial charge is 0.246 e. The molecular weight excluding hydrogens is 430 g/mol. The lowest BCUT2D eigenvalue weighted by Crippen LogP contribution is -2.48. The Morgan fingerprint density at radius 2 is 1.76 bits per heavy atom. The van der Waals surface area contributed by atoms with E-state index < -0.39 is 0 Å². The minimum Gasteiger partial charge on any atom is -0.383 e. The summed E-state index contributed by atoms with van der Waals surface area (Å²) < 4.78 is 0.975. The van der Waals surface area contributed by atoms with Gasteiger partial charge in [-0.25, -0.2) is 9.97 Å². The quantitative estimate of drug-likeness (QED) is 0.615. The standard InChI is InChI=1S/C22H22BrN5O/c23-18-7-3-1-5-16(18)9-10-21(29)28-13-11-27(12-14-28)15-20-25-19-8-4-2-6-17(19)22(24)26-20/h1-10H,11-15H2,(H2,24,25,26)/b10-9+. The zero-order valence-electron chi connectivity index (χ0n) is 16.0. The Balaban J connectivity index is 1.35. The highest BCUT2D eigenvalue weighted by molar-refractivity contribution is 9.10. The van der Waals surface area contributed by atoms with Crippen molar-refractivity contribution in [3.63, 3.8) is 0 Å². The molecule has 1 aliphatic heterocycles. The molecule has 0 saturated carbocycles. The van der Waals surface area contributed by atoms with E-state index in [0.717, 1.165) is 39.9 Å². The highest BCUT2D eigenvalue weighted by Crippen LogP contribution is 2.19. The van der Waals surface area contributed by atoms with Gasteiger partial charge < -0.3 is 10.6 Å². The third-order valence-electron chi connectivity index (χ3n) is 5.04. The van der Waals surface area contributed by atoms with Gasteiger partial charge in [-0.2, -0.15) is 0 Å². The van der Waals surface area contributed by atoms with Gasteiger partial charge in [0.1, 0.15) is 11.6 Å². The third-order valence-corrected chi connectivity index (χ3v) is 5.76. The number of benzene rings is 2. The Labute approximate surface area is 178 Å². The zero-order chi connectivity index (χ0) is 20.2. The molecule has 1 aliphatic rings. The predicted molar refractivity (Wildman–Crippen MR) is 119 cm³/mol. The molecule has 0 spiro atoms. The van der Waals surface area contributed by atoms with E-state index in [1.54, 1.807) is 6.08 Å². The van der Waals surface area contributed by atoms with Crippen molar-refractivity contribution in [3.8, 4) is 0 Å². The van der Waals surface area contributed by atoms with E-state index in [4.69, 9.17) is 5.73 Å². The number of hydrogen-bond acceptors (Lipinski definition) is 5. The first kappa shape index (κ1) is 19.5. The van der Waals surface area contributed by atoms with Crippen LogP contribution in [0.4, 0.5) is 5.82 Å². The van der Waals surface area contributed by atoms with Crippen molar-refractivity contribution in [2.45, 2.75) is 6.54 Å². The molecule has 0 bridgehead atoms. The molecule has 0 radical (unpaired) electrons. The van der Waals surface area contributed by atoms with Gasteiger partial charge >= 0.3 is 0 Å². The first-order valence-corrected chi connectivity index (χ1v) is 10.3. The summed E-state index contributed by atoms with van der Waals surface area (Å²) in [4.78, 5) is 25.7. The van der Waals surface area contributed by atoms with E-state index in [-0.39, 0.29) is 5.91 Å². The van der Waals surface area contributed by atoms with E-state index in [1.807, 2.05) is 59.5 Å². The van der Waals surface area contributed by atoms with Gasteiger partial charge in [0.15, 0.2) is 0 Å². The molecule has 6 nitrogen and oxygen atoms in total. The zero-order valence-corrected chi connectivity index (χ0v) is 17.5. The number of halogens is 1. The number of fused-ring (bicyclic) bond motifs is 1. The van der Waals surface area contributed by atoms with Crippen molar-refractivity contribution in [1.29, 1.82) is 0 Å². The lowest BCUT2D eigenvalue weighted by atomic mass is 10.2. The van der Waals surface area contributed by atoms with E-state index in [0.29, 0.717) is 25.5 Å². The Kier molecular flexibility index (Phi) is 5.87. The SMILES string of the molecule is Nc1nc(CN2CCN(C(=O)/C=C/c3ccccc3Br)CC2)nc2ccccc12. The molecule has 3 aromatic rings. The number of nitrogen functional groups attached to an aromatic ring is 1. The molecule has 148 valence electrons. The van der Waals surface area contributed by atoms with Gasteiger partial charge in [0, 0.05) is 42.1 Å². The number of para-hydroxylation sites is 1. The molecule has 0 unspecified atom stereocenters. The predicted octanol–water partition coefficient (Wildman–Crippen LogP) is 3.33. The van der Waals surface area contributed by atoms with Crippen LogP contribution in [0.15, 0.2) is 59.1 Å². The van der Waals surface area contributed by atoms with Crippen molar-refractivity contribution in [2.75, 3.05) is 31.9 Å². The number of carbonyl (C=O) groups excluding carboxylic acids is 1. The number of rotatable bonds is 4. The number of nitrogens with zero attached hydrogens (tertiary/aromatic N) is 4. The molecule has 0 aliphatic carbocycles.